The third kappa shape index (κ3) is 2.19. The Morgan fingerprint density at radius 1 is 0.696 bits per heavy atom. The molecule has 2 atom stereocenters. The normalized spacial score (nSPS) is 24.2. The van der Waals surface area contributed by atoms with E-state index in [1.165, 1.54) is 5.56 Å². The fraction of sp³-hybridized carbons (Fsp3) is 0.333. The van der Waals surface area contributed by atoms with E-state index < -0.39 is 0 Å². The van der Waals surface area contributed by atoms with Crippen LogP contribution in [0.1, 0.15) is 29.6 Å². The first-order chi connectivity index (χ1) is 11.4. The molecule has 0 saturated carbocycles. The lowest BCUT2D eigenvalue weighted by Gasteiger charge is -2.11. The summed E-state index contributed by atoms with van der Waals surface area (Å²) in [5.74, 6) is 3.62. The Hall–Kier alpha value is -2.40. The highest BCUT2D eigenvalue weighted by Crippen LogP contribution is 2.43. The van der Waals surface area contributed by atoms with Gasteiger partial charge in [-0.3, -0.25) is 0 Å². The van der Waals surface area contributed by atoms with Crippen molar-refractivity contribution in [1.82, 2.24) is 0 Å². The van der Waals surface area contributed by atoms with Gasteiger partial charge < -0.3 is 23.7 Å². The lowest BCUT2D eigenvalue weighted by atomic mass is 9.93. The first kappa shape index (κ1) is 13.1. The van der Waals surface area contributed by atoms with Gasteiger partial charge in [0.15, 0.2) is 23.0 Å². The first-order valence-corrected chi connectivity index (χ1v) is 7.77. The van der Waals surface area contributed by atoms with Crippen LogP contribution in [0, 0.1) is 0 Å². The zero-order valence-electron chi connectivity index (χ0n) is 12.5. The smallest absolute Gasteiger partial charge is 0.231 e. The largest absolute Gasteiger partial charge is 0.454 e. The minimum absolute atomic E-state index is 0.0833. The minimum Gasteiger partial charge on any atom is -0.454 e. The summed E-state index contributed by atoms with van der Waals surface area (Å²) in [5.41, 5.74) is 2.37. The molecule has 0 bridgehead atoms. The lowest BCUT2D eigenvalue weighted by molar-refractivity contribution is 0.110. The Morgan fingerprint density at radius 3 is 2.04 bits per heavy atom. The van der Waals surface area contributed by atoms with Crippen LogP contribution in [0.15, 0.2) is 36.4 Å². The van der Waals surface area contributed by atoms with Gasteiger partial charge in [-0.25, -0.2) is 0 Å². The average Bonchev–Trinajstić information content (AvgIpc) is 3.32. The summed E-state index contributed by atoms with van der Waals surface area (Å²) in [4.78, 5) is 0. The molecule has 3 heterocycles. The Balaban J connectivity index is 1.36. The van der Waals surface area contributed by atoms with E-state index in [1.807, 2.05) is 18.2 Å². The summed E-state index contributed by atoms with van der Waals surface area (Å²) in [6.07, 6.45) is 1.03. The van der Waals surface area contributed by atoms with Crippen molar-refractivity contribution in [1.29, 1.82) is 0 Å². The van der Waals surface area contributed by atoms with E-state index in [2.05, 4.69) is 18.2 Å². The van der Waals surface area contributed by atoms with Crippen LogP contribution >= 0.6 is 0 Å². The molecule has 5 heteroatoms. The highest BCUT2D eigenvalue weighted by molar-refractivity contribution is 5.47. The summed E-state index contributed by atoms with van der Waals surface area (Å²) in [6.45, 7) is 1.31. The second-order valence-electron chi connectivity index (χ2n) is 5.98. The van der Waals surface area contributed by atoms with Crippen molar-refractivity contribution < 1.29 is 23.7 Å². The minimum atomic E-state index is 0.0833. The Bertz CT molecular complexity index is 694. The molecule has 0 radical (unpaired) electrons. The van der Waals surface area contributed by atoms with E-state index in [0.717, 1.165) is 35.0 Å². The van der Waals surface area contributed by atoms with Gasteiger partial charge in [0.1, 0.15) is 0 Å². The summed E-state index contributed by atoms with van der Waals surface area (Å²) in [6, 6.07) is 12.2. The summed E-state index contributed by atoms with van der Waals surface area (Å²) >= 11 is 0. The molecule has 0 spiro atoms. The van der Waals surface area contributed by atoms with Gasteiger partial charge in [-0.05, 0) is 41.8 Å². The van der Waals surface area contributed by atoms with Crippen molar-refractivity contribution in [2.24, 2.45) is 0 Å². The average molecular weight is 312 g/mol. The number of fused-ring (bicyclic) bond motifs is 2. The summed E-state index contributed by atoms with van der Waals surface area (Å²) in [5, 5.41) is 0. The molecule has 23 heavy (non-hydrogen) atoms. The van der Waals surface area contributed by atoms with Gasteiger partial charge in [0.05, 0.1) is 12.7 Å². The standard InChI is InChI=1S/C18H16O5/c1-3-14-17(22-9-20-14)5-11(1)13-7-16(19-8-13)12-2-4-15-18(6-12)23-10-21-15/h1-6,13,16H,7-10H2/t13-,16?/m1/s1. The van der Waals surface area contributed by atoms with Gasteiger partial charge in [0.25, 0.3) is 0 Å². The van der Waals surface area contributed by atoms with Crippen molar-refractivity contribution in [3.8, 4) is 23.0 Å². The molecule has 2 aromatic carbocycles. The fourth-order valence-corrected chi connectivity index (χ4v) is 3.37. The number of benzene rings is 2. The number of ether oxygens (including phenoxy) is 5. The molecule has 1 unspecified atom stereocenters. The van der Waals surface area contributed by atoms with Gasteiger partial charge in [0, 0.05) is 5.92 Å². The zero-order chi connectivity index (χ0) is 15.2. The van der Waals surface area contributed by atoms with Crippen LogP contribution < -0.4 is 18.9 Å². The lowest BCUT2D eigenvalue weighted by Crippen LogP contribution is -1.97. The topological polar surface area (TPSA) is 46.2 Å². The van der Waals surface area contributed by atoms with Gasteiger partial charge in [0.2, 0.25) is 13.6 Å². The number of hydrogen-bond donors (Lipinski definition) is 0. The highest BCUT2D eigenvalue weighted by atomic mass is 16.7. The molecule has 3 aliphatic heterocycles. The van der Waals surface area contributed by atoms with Gasteiger partial charge in [-0.2, -0.15) is 0 Å². The van der Waals surface area contributed by atoms with E-state index in [-0.39, 0.29) is 6.10 Å². The number of hydrogen-bond acceptors (Lipinski definition) is 5. The molecule has 118 valence electrons. The third-order valence-corrected chi connectivity index (χ3v) is 4.63. The maximum absolute atomic E-state index is 6.02. The van der Waals surface area contributed by atoms with Crippen molar-refractivity contribution in [3.63, 3.8) is 0 Å². The molecule has 3 aliphatic rings. The van der Waals surface area contributed by atoms with E-state index in [0.29, 0.717) is 26.1 Å². The molecule has 5 rings (SSSR count). The van der Waals surface area contributed by atoms with Crippen molar-refractivity contribution in [3.05, 3.63) is 47.5 Å². The van der Waals surface area contributed by atoms with Gasteiger partial charge in [-0.1, -0.05) is 12.1 Å². The molecule has 5 nitrogen and oxygen atoms in total. The monoisotopic (exact) mass is 312 g/mol. The SMILES string of the molecule is c1cc2c(cc1C1C[C@@H](c3ccc4c(c3)OCO4)CO1)OCO2. The van der Waals surface area contributed by atoms with E-state index in [4.69, 9.17) is 23.7 Å². The van der Waals surface area contributed by atoms with Gasteiger partial charge >= 0.3 is 0 Å². The van der Waals surface area contributed by atoms with Crippen LogP contribution in [-0.4, -0.2) is 20.2 Å². The van der Waals surface area contributed by atoms with Crippen LogP contribution in [0.2, 0.25) is 0 Å². The molecular formula is C18H16O5. The molecule has 0 N–H and O–H groups in total. The third-order valence-electron chi connectivity index (χ3n) is 4.63. The van der Waals surface area contributed by atoms with Crippen LogP contribution in [0.25, 0.3) is 0 Å². The molecule has 1 fully saturated rings. The highest BCUT2D eigenvalue weighted by Gasteiger charge is 2.30. The predicted molar refractivity (Wildman–Crippen MR) is 81.2 cm³/mol. The first-order valence-electron chi connectivity index (χ1n) is 7.77. The Morgan fingerprint density at radius 2 is 1.30 bits per heavy atom. The zero-order valence-corrected chi connectivity index (χ0v) is 12.5. The predicted octanol–water partition coefficient (Wildman–Crippen LogP) is 3.39. The second-order valence-corrected chi connectivity index (χ2v) is 5.98. The van der Waals surface area contributed by atoms with Crippen LogP contribution in [0.3, 0.4) is 0 Å². The van der Waals surface area contributed by atoms with Crippen LogP contribution in [0.5, 0.6) is 23.0 Å². The van der Waals surface area contributed by atoms with Crippen LogP contribution in [0.4, 0.5) is 0 Å². The van der Waals surface area contributed by atoms with E-state index >= 15 is 0 Å². The molecule has 0 aliphatic carbocycles. The quantitative estimate of drug-likeness (QED) is 0.850. The molecule has 1 saturated heterocycles. The van der Waals surface area contributed by atoms with Gasteiger partial charge in [-0.15, -0.1) is 0 Å². The van der Waals surface area contributed by atoms with Crippen molar-refractivity contribution in [2.45, 2.75) is 18.4 Å². The Labute approximate surface area is 133 Å². The van der Waals surface area contributed by atoms with Crippen molar-refractivity contribution >= 4 is 0 Å². The molecule has 2 aromatic rings. The van der Waals surface area contributed by atoms with Crippen LogP contribution in [-0.2, 0) is 4.74 Å². The van der Waals surface area contributed by atoms with E-state index in [1.54, 1.807) is 0 Å². The maximum atomic E-state index is 6.02. The molecule has 0 amide bonds. The van der Waals surface area contributed by atoms with E-state index in [9.17, 15) is 0 Å². The summed E-state index contributed by atoms with van der Waals surface area (Å²) < 4.78 is 27.7. The molecular weight excluding hydrogens is 296 g/mol. The second kappa shape index (κ2) is 5.06. The fourth-order valence-electron chi connectivity index (χ4n) is 3.37. The Kier molecular flexibility index (Phi) is 2.88. The maximum Gasteiger partial charge on any atom is 0.231 e. The molecule has 0 aromatic heterocycles. The van der Waals surface area contributed by atoms with Crippen molar-refractivity contribution in [2.75, 3.05) is 20.2 Å². The summed E-state index contributed by atoms with van der Waals surface area (Å²) in [7, 11) is 0. The number of rotatable bonds is 2.